The normalized spacial score (nSPS) is 21.2. The molecule has 3 nitrogen and oxygen atoms in total. The first-order valence-corrected chi connectivity index (χ1v) is 5.01. The Kier molecular flexibility index (Phi) is 2.62. The zero-order valence-electron chi connectivity index (χ0n) is 7.38. The Morgan fingerprint density at radius 1 is 1.62 bits per heavy atom. The van der Waals surface area contributed by atoms with E-state index in [1.54, 1.807) is 0 Å². The monoisotopic (exact) mass is 242 g/mol. The summed E-state index contributed by atoms with van der Waals surface area (Å²) in [5.41, 5.74) is 2.27. The van der Waals surface area contributed by atoms with Crippen molar-refractivity contribution in [3.63, 3.8) is 0 Å². The maximum absolute atomic E-state index is 5.41. The van der Waals surface area contributed by atoms with Crippen LogP contribution in [0.5, 0.6) is 0 Å². The van der Waals surface area contributed by atoms with E-state index in [0.29, 0.717) is 6.61 Å². The lowest BCUT2D eigenvalue weighted by Crippen LogP contribution is -2.27. The van der Waals surface area contributed by atoms with Crippen molar-refractivity contribution in [1.29, 1.82) is 0 Å². The predicted molar refractivity (Wildman–Crippen MR) is 53.4 cm³/mol. The summed E-state index contributed by atoms with van der Waals surface area (Å²) in [6, 6.07) is 4.34. The lowest BCUT2D eigenvalue weighted by molar-refractivity contribution is 0.0812. The fourth-order valence-electron chi connectivity index (χ4n) is 1.52. The molecule has 0 spiro atoms. The van der Waals surface area contributed by atoms with Crippen LogP contribution in [0.1, 0.15) is 17.3 Å². The second-order valence-electron chi connectivity index (χ2n) is 3.03. The van der Waals surface area contributed by atoms with Crippen LogP contribution in [0.4, 0.5) is 0 Å². The molecule has 1 N–H and O–H groups in total. The van der Waals surface area contributed by atoms with Gasteiger partial charge in [0, 0.05) is 0 Å². The average molecular weight is 243 g/mol. The molecular formula is C9H11BrN2O. The number of hydrogen-bond donors (Lipinski definition) is 1. The van der Waals surface area contributed by atoms with Gasteiger partial charge in [-0.1, -0.05) is 6.07 Å². The fourth-order valence-corrected chi connectivity index (χ4v) is 1.87. The van der Waals surface area contributed by atoms with E-state index < -0.39 is 0 Å². The standard InChI is InChI=1S/C9H11BrN2O/c1-11-7-4-13-5-8-6(7)2-3-9(10)12-8/h2-3,7,11H,4-5H2,1H3. The van der Waals surface area contributed by atoms with Crippen molar-refractivity contribution >= 4 is 15.9 Å². The minimum atomic E-state index is 0.282. The first kappa shape index (κ1) is 9.12. The minimum Gasteiger partial charge on any atom is -0.373 e. The van der Waals surface area contributed by atoms with Crippen molar-refractivity contribution in [2.75, 3.05) is 13.7 Å². The third-order valence-electron chi connectivity index (χ3n) is 2.22. The third kappa shape index (κ3) is 1.75. The Labute approximate surface area is 85.6 Å². The van der Waals surface area contributed by atoms with Gasteiger partial charge in [-0.15, -0.1) is 0 Å². The number of nitrogens with zero attached hydrogens (tertiary/aromatic N) is 1. The van der Waals surface area contributed by atoms with Crippen LogP contribution in [0, 0.1) is 0 Å². The van der Waals surface area contributed by atoms with Gasteiger partial charge in [-0.3, -0.25) is 0 Å². The highest BCUT2D eigenvalue weighted by Gasteiger charge is 2.19. The van der Waals surface area contributed by atoms with E-state index in [2.05, 4.69) is 32.3 Å². The zero-order chi connectivity index (χ0) is 9.26. The first-order chi connectivity index (χ1) is 6.31. The molecular weight excluding hydrogens is 232 g/mol. The van der Waals surface area contributed by atoms with Gasteiger partial charge in [-0.25, -0.2) is 4.98 Å². The van der Waals surface area contributed by atoms with Crippen LogP contribution in [0.2, 0.25) is 0 Å². The summed E-state index contributed by atoms with van der Waals surface area (Å²) in [6.07, 6.45) is 0. The van der Waals surface area contributed by atoms with E-state index in [4.69, 9.17) is 4.74 Å². The summed E-state index contributed by atoms with van der Waals surface area (Å²) in [4.78, 5) is 4.36. The quantitative estimate of drug-likeness (QED) is 0.761. The van der Waals surface area contributed by atoms with Gasteiger partial charge in [0.1, 0.15) is 4.60 Å². The number of rotatable bonds is 1. The zero-order valence-corrected chi connectivity index (χ0v) is 8.97. The van der Waals surface area contributed by atoms with Crippen LogP contribution in [0.15, 0.2) is 16.7 Å². The Morgan fingerprint density at radius 2 is 2.46 bits per heavy atom. The number of likely N-dealkylation sites (N-methyl/N-ethyl adjacent to an activating group) is 1. The van der Waals surface area contributed by atoms with Crippen LogP contribution < -0.4 is 5.32 Å². The van der Waals surface area contributed by atoms with E-state index in [9.17, 15) is 0 Å². The molecule has 2 heterocycles. The topological polar surface area (TPSA) is 34.1 Å². The lowest BCUT2D eigenvalue weighted by atomic mass is 10.0. The van der Waals surface area contributed by atoms with Crippen molar-refractivity contribution in [3.8, 4) is 0 Å². The fraction of sp³-hybridized carbons (Fsp3) is 0.444. The highest BCUT2D eigenvalue weighted by atomic mass is 79.9. The number of fused-ring (bicyclic) bond motifs is 1. The molecule has 0 aliphatic carbocycles. The maximum Gasteiger partial charge on any atom is 0.106 e. The van der Waals surface area contributed by atoms with E-state index >= 15 is 0 Å². The van der Waals surface area contributed by atoms with Gasteiger partial charge >= 0.3 is 0 Å². The molecule has 0 fully saturated rings. The number of pyridine rings is 1. The van der Waals surface area contributed by atoms with Gasteiger partial charge in [0.05, 0.1) is 24.9 Å². The van der Waals surface area contributed by atoms with Gasteiger partial charge in [0.25, 0.3) is 0 Å². The SMILES string of the molecule is CNC1COCc2nc(Br)ccc21. The number of hydrogen-bond acceptors (Lipinski definition) is 3. The highest BCUT2D eigenvalue weighted by molar-refractivity contribution is 9.10. The van der Waals surface area contributed by atoms with Crippen molar-refractivity contribution in [2.45, 2.75) is 12.6 Å². The first-order valence-electron chi connectivity index (χ1n) is 4.21. The van der Waals surface area contributed by atoms with Gasteiger partial charge < -0.3 is 10.1 Å². The Morgan fingerprint density at radius 3 is 3.23 bits per heavy atom. The largest absolute Gasteiger partial charge is 0.373 e. The molecule has 0 aromatic carbocycles. The highest BCUT2D eigenvalue weighted by Crippen LogP contribution is 2.24. The molecule has 13 heavy (non-hydrogen) atoms. The van der Waals surface area contributed by atoms with Crippen molar-refractivity contribution in [1.82, 2.24) is 10.3 Å². The Balaban J connectivity index is 2.40. The number of ether oxygens (including phenoxy) is 1. The molecule has 1 aromatic rings. The van der Waals surface area contributed by atoms with Gasteiger partial charge in [0.2, 0.25) is 0 Å². The van der Waals surface area contributed by atoms with Crippen molar-refractivity contribution in [2.24, 2.45) is 0 Å². The Hall–Kier alpha value is -0.450. The summed E-state index contributed by atoms with van der Waals surface area (Å²) in [5, 5.41) is 3.20. The minimum absolute atomic E-state index is 0.282. The molecule has 2 rings (SSSR count). The third-order valence-corrected chi connectivity index (χ3v) is 2.66. The molecule has 0 saturated carbocycles. The summed E-state index contributed by atoms with van der Waals surface area (Å²) in [6.45, 7) is 1.35. The van der Waals surface area contributed by atoms with E-state index in [0.717, 1.165) is 16.9 Å². The molecule has 70 valence electrons. The number of halogens is 1. The molecule has 0 bridgehead atoms. The van der Waals surface area contributed by atoms with Crippen molar-refractivity contribution < 1.29 is 4.74 Å². The molecule has 4 heteroatoms. The van der Waals surface area contributed by atoms with Crippen molar-refractivity contribution in [3.05, 3.63) is 28.0 Å². The van der Waals surface area contributed by atoms with E-state index in [-0.39, 0.29) is 6.04 Å². The predicted octanol–water partition coefficient (Wildman–Crippen LogP) is 1.63. The average Bonchev–Trinajstić information content (AvgIpc) is 2.16. The van der Waals surface area contributed by atoms with Gasteiger partial charge in [0.15, 0.2) is 0 Å². The van der Waals surface area contributed by atoms with Crippen LogP contribution in [-0.2, 0) is 11.3 Å². The summed E-state index contributed by atoms with van der Waals surface area (Å²) in [7, 11) is 1.94. The summed E-state index contributed by atoms with van der Waals surface area (Å²) < 4.78 is 6.28. The molecule has 1 aromatic heterocycles. The van der Waals surface area contributed by atoms with Gasteiger partial charge in [-0.05, 0) is 34.6 Å². The smallest absolute Gasteiger partial charge is 0.106 e. The van der Waals surface area contributed by atoms with E-state index in [1.165, 1.54) is 5.56 Å². The second kappa shape index (κ2) is 3.74. The Bertz CT molecular complexity index is 316. The summed E-state index contributed by atoms with van der Waals surface area (Å²) >= 11 is 3.35. The van der Waals surface area contributed by atoms with Crippen LogP contribution >= 0.6 is 15.9 Å². The summed E-state index contributed by atoms with van der Waals surface area (Å²) in [5.74, 6) is 0. The molecule has 1 aliphatic heterocycles. The van der Waals surface area contributed by atoms with E-state index in [1.807, 2.05) is 13.1 Å². The molecule has 1 atom stereocenters. The van der Waals surface area contributed by atoms with Crippen LogP contribution in [-0.4, -0.2) is 18.6 Å². The number of aromatic nitrogens is 1. The molecule has 1 aliphatic rings. The maximum atomic E-state index is 5.41. The molecule has 0 radical (unpaired) electrons. The van der Waals surface area contributed by atoms with Crippen LogP contribution in [0.3, 0.4) is 0 Å². The molecule has 1 unspecified atom stereocenters. The second-order valence-corrected chi connectivity index (χ2v) is 3.84. The molecule has 0 amide bonds. The van der Waals surface area contributed by atoms with Gasteiger partial charge in [-0.2, -0.15) is 0 Å². The van der Waals surface area contributed by atoms with Crippen LogP contribution in [0.25, 0.3) is 0 Å². The lowest BCUT2D eigenvalue weighted by Gasteiger charge is -2.24. The molecule has 0 saturated heterocycles. The number of nitrogens with one attached hydrogen (secondary N) is 1.